The summed E-state index contributed by atoms with van der Waals surface area (Å²) in [6, 6.07) is 7.87. The molecule has 2 aliphatic rings. The molecular weight excluding hydrogens is 436 g/mol. The van der Waals surface area contributed by atoms with Gasteiger partial charge < -0.3 is 10.1 Å². The number of nitrogens with one attached hydrogen (secondary N) is 1. The lowest BCUT2D eigenvalue weighted by Crippen LogP contribution is -2.36. The first-order valence-electron chi connectivity index (χ1n) is 9.68. The molecule has 0 fully saturated rings. The molecule has 0 saturated carbocycles. The van der Waals surface area contributed by atoms with Crippen molar-refractivity contribution in [3.05, 3.63) is 65.7 Å². The Bertz CT molecular complexity index is 1080. The normalized spacial score (nSPS) is 18.8. The number of ether oxygens (including phenoxy) is 1. The van der Waals surface area contributed by atoms with Crippen molar-refractivity contribution >= 4 is 11.7 Å². The number of nitrogens with zero attached hydrogens (tertiary/aromatic N) is 2. The highest BCUT2D eigenvalue weighted by molar-refractivity contribution is 6.14. The van der Waals surface area contributed by atoms with Gasteiger partial charge in [0.2, 0.25) is 0 Å². The Morgan fingerprint density at radius 2 is 1.66 bits per heavy atom. The maximum Gasteiger partial charge on any atom is 0.416 e. The maximum absolute atomic E-state index is 13.1. The standard InChI is InChI=1S/C22H17F6N3O/c23-21(24,25)15-7-4-13(5-8-15)14-6-9-17-16(12-14)20(29-10-11-32-17)31-19-3-1-2-18(30-19)22(26,27)28/h1,3-9,12,18H,2,10-11H2,(H,29,30,31). The molecule has 168 valence electrons. The van der Waals surface area contributed by atoms with Crippen molar-refractivity contribution in [2.24, 2.45) is 9.98 Å². The summed E-state index contributed by atoms with van der Waals surface area (Å²) in [5, 5.41) is 2.85. The van der Waals surface area contributed by atoms with Gasteiger partial charge in [0.05, 0.1) is 17.7 Å². The zero-order valence-corrected chi connectivity index (χ0v) is 16.5. The Morgan fingerprint density at radius 3 is 2.34 bits per heavy atom. The molecule has 0 aromatic heterocycles. The third-order valence-corrected chi connectivity index (χ3v) is 4.95. The Morgan fingerprint density at radius 1 is 0.938 bits per heavy atom. The van der Waals surface area contributed by atoms with E-state index in [0.717, 1.165) is 12.1 Å². The van der Waals surface area contributed by atoms with Crippen LogP contribution in [0.4, 0.5) is 26.3 Å². The number of alkyl halides is 6. The number of amidine groups is 2. The van der Waals surface area contributed by atoms with Crippen molar-refractivity contribution in [3.63, 3.8) is 0 Å². The molecule has 0 amide bonds. The summed E-state index contributed by atoms with van der Waals surface area (Å²) in [5.41, 5.74) is 0.859. The van der Waals surface area contributed by atoms with Crippen LogP contribution in [0.5, 0.6) is 5.75 Å². The fourth-order valence-corrected chi connectivity index (χ4v) is 3.35. The van der Waals surface area contributed by atoms with Gasteiger partial charge in [-0.25, -0.2) is 0 Å². The van der Waals surface area contributed by atoms with Gasteiger partial charge in [-0.2, -0.15) is 26.3 Å². The molecule has 2 aromatic carbocycles. The van der Waals surface area contributed by atoms with Crippen LogP contribution in [0.2, 0.25) is 0 Å². The fraction of sp³-hybridized carbons (Fsp3) is 0.273. The van der Waals surface area contributed by atoms with Gasteiger partial charge in [-0.3, -0.25) is 9.98 Å². The lowest BCUT2D eigenvalue weighted by Gasteiger charge is -2.20. The second-order valence-electron chi connectivity index (χ2n) is 7.20. The van der Waals surface area contributed by atoms with E-state index >= 15 is 0 Å². The quantitative estimate of drug-likeness (QED) is 0.589. The molecule has 0 aliphatic carbocycles. The lowest BCUT2D eigenvalue weighted by atomic mass is 10.0. The number of hydrogen-bond acceptors (Lipinski definition) is 4. The van der Waals surface area contributed by atoms with Gasteiger partial charge in [0.15, 0.2) is 6.04 Å². The SMILES string of the molecule is FC(F)(F)c1ccc(-c2ccc3c(c2)C(NC2=NC(C(F)(F)F)CC=C2)=NCCO3)cc1. The van der Waals surface area contributed by atoms with Crippen molar-refractivity contribution in [2.75, 3.05) is 13.2 Å². The fourth-order valence-electron chi connectivity index (χ4n) is 3.35. The maximum atomic E-state index is 13.1. The van der Waals surface area contributed by atoms with Crippen LogP contribution in [0.15, 0.2) is 64.6 Å². The monoisotopic (exact) mass is 453 g/mol. The van der Waals surface area contributed by atoms with Crippen LogP contribution in [-0.2, 0) is 6.18 Å². The second-order valence-corrected chi connectivity index (χ2v) is 7.20. The largest absolute Gasteiger partial charge is 0.491 e. The van der Waals surface area contributed by atoms with Gasteiger partial charge in [0, 0.05) is 0 Å². The zero-order valence-electron chi connectivity index (χ0n) is 16.5. The molecule has 4 rings (SSSR count). The van der Waals surface area contributed by atoms with Gasteiger partial charge in [0.25, 0.3) is 0 Å². The molecule has 0 saturated heterocycles. The highest BCUT2D eigenvalue weighted by Gasteiger charge is 2.40. The number of benzene rings is 2. The van der Waals surface area contributed by atoms with Crippen molar-refractivity contribution in [1.82, 2.24) is 5.32 Å². The number of hydrogen-bond donors (Lipinski definition) is 1. The second kappa shape index (κ2) is 8.33. The molecule has 1 N–H and O–H groups in total. The van der Waals surface area contributed by atoms with E-state index in [1.807, 2.05) is 0 Å². The molecule has 2 aliphatic heterocycles. The van der Waals surface area contributed by atoms with E-state index in [-0.39, 0.29) is 31.2 Å². The summed E-state index contributed by atoms with van der Waals surface area (Å²) in [6.07, 6.45) is -6.29. The first kappa shape index (κ1) is 21.9. The van der Waals surface area contributed by atoms with Gasteiger partial charge in [-0.05, 0) is 47.9 Å². The van der Waals surface area contributed by atoms with E-state index in [0.29, 0.717) is 22.4 Å². The first-order chi connectivity index (χ1) is 15.1. The number of halogens is 6. The average Bonchev–Trinajstić information content (AvgIpc) is 2.95. The van der Waals surface area contributed by atoms with Gasteiger partial charge in [0.1, 0.15) is 24.0 Å². The molecule has 10 heteroatoms. The van der Waals surface area contributed by atoms with E-state index in [2.05, 4.69) is 15.3 Å². The van der Waals surface area contributed by atoms with Gasteiger partial charge in [-0.15, -0.1) is 0 Å². The molecule has 0 spiro atoms. The summed E-state index contributed by atoms with van der Waals surface area (Å²) >= 11 is 0. The predicted octanol–water partition coefficient (Wildman–Crippen LogP) is 5.39. The summed E-state index contributed by atoms with van der Waals surface area (Å²) < 4.78 is 83.3. The molecule has 1 unspecified atom stereocenters. The molecule has 1 atom stereocenters. The summed E-state index contributed by atoms with van der Waals surface area (Å²) in [6.45, 7) is 0.539. The van der Waals surface area contributed by atoms with E-state index in [4.69, 9.17) is 4.74 Å². The van der Waals surface area contributed by atoms with Crippen LogP contribution >= 0.6 is 0 Å². The highest BCUT2D eigenvalue weighted by atomic mass is 19.4. The van der Waals surface area contributed by atoms with Crippen molar-refractivity contribution in [2.45, 2.75) is 24.8 Å². The molecule has 2 aromatic rings. The minimum atomic E-state index is -4.46. The third-order valence-electron chi connectivity index (χ3n) is 4.95. The van der Waals surface area contributed by atoms with Crippen LogP contribution in [0.25, 0.3) is 11.1 Å². The van der Waals surface area contributed by atoms with Crippen molar-refractivity contribution in [1.29, 1.82) is 0 Å². The van der Waals surface area contributed by atoms with E-state index in [1.54, 1.807) is 18.2 Å². The van der Waals surface area contributed by atoms with Crippen LogP contribution < -0.4 is 10.1 Å². The van der Waals surface area contributed by atoms with Crippen molar-refractivity contribution < 1.29 is 31.1 Å². The topological polar surface area (TPSA) is 46.0 Å². The van der Waals surface area contributed by atoms with Crippen molar-refractivity contribution in [3.8, 4) is 16.9 Å². The zero-order chi connectivity index (χ0) is 22.9. The Kier molecular flexibility index (Phi) is 5.70. The summed E-state index contributed by atoms with van der Waals surface area (Å²) in [5.74, 6) is 0.750. The Hall–Kier alpha value is -3.30. The number of rotatable bonds is 1. The smallest absolute Gasteiger partial charge is 0.416 e. The minimum Gasteiger partial charge on any atom is -0.491 e. The lowest BCUT2D eigenvalue weighted by molar-refractivity contribution is -0.146. The molecule has 2 heterocycles. The third kappa shape index (κ3) is 4.79. The number of aliphatic imine (C=N–C) groups is 2. The minimum absolute atomic E-state index is 0.0186. The average molecular weight is 453 g/mol. The van der Waals surface area contributed by atoms with Crippen LogP contribution in [0, 0.1) is 0 Å². The Labute approximate surface area is 179 Å². The predicted molar refractivity (Wildman–Crippen MR) is 108 cm³/mol. The van der Waals surface area contributed by atoms with Gasteiger partial charge in [-0.1, -0.05) is 24.3 Å². The van der Waals surface area contributed by atoms with Crippen LogP contribution in [-0.4, -0.2) is 37.0 Å². The number of dihydropyridines is 1. The number of fused-ring (bicyclic) bond motifs is 1. The van der Waals surface area contributed by atoms with Gasteiger partial charge >= 0.3 is 12.4 Å². The van der Waals surface area contributed by atoms with E-state index < -0.39 is 24.0 Å². The summed E-state index contributed by atoms with van der Waals surface area (Å²) in [4.78, 5) is 8.09. The molecule has 32 heavy (non-hydrogen) atoms. The first-order valence-corrected chi connectivity index (χ1v) is 9.68. The molecular formula is C22H17F6N3O. The highest BCUT2D eigenvalue weighted by Crippen LogP contribution is 2.33. The van der Waals surface area contributed by atoms with Crippen LogP contribution in [0.3, 0.4) is 0 Å². The molecule has 4 nitrogen and oxygen atoms in total. The van der Waals surface area contributed by atoms with Crippen LogP contribution in [0.1, 0.15) is 17.5 Å². The van der Waals surface area contributed by atoms with E-state index in [1.165, 1.54) is 24.3 Å². The Balaban J connectivity index is 1.65. The van der Waals surface area contributed by atoms with E-state index in [9.17, 15) is 26.3 Å². The summed E-state index contributed by atoms with van der Waals surface area (Å²) in [7, 11) is 0. The molecule has 0 radical (unpaired) electrons. The molecule has 0 bridgehead atoms.